The fraction of sp³-hybridized carbons (Fsp3) is 0.235. The Kier molecular flexibility index (Phi) is 3.62. The molecule has 20 heavy (non-hydrogen) atoms. The lowest BCUT2D eigenvalue weighted by Crippen LogP contribution is -2.00. The maximum absolute atomic E-state index is 8.85. The number of nitriles is 1. The number of aryl methyl sites for hydroxylation is 2. The van der Waals surface area contributed by atoms with Gasteiger partial charge in [0.1, 0.15) is 6.07 Å². The highest BCUT2D eigenvalue weighted by Crippen LogP contribution is 2.24. The number of rotatable bonds is 3. The van der Waals surface area contributed by atoms with Gasteiger partial charge in [-0.2, -0.15) is 5.26 Å². The minimum absolute atomic E-state index is 0.492. The largest absolute Gasteiger partial charge is 0.381 e. The van der Waals surface area contributed by atoms with Crippen molar-refractivity contribution >= 4 is 17.3 Å². The molecule has 2 aromatic carbocycles. The number of benzene rings is 2. The molecule has 0 aromatic heterocycles. The summed E-state index contributed by atoms with van der Waals surface area (Å²) in [6, 6.07) is 14.2. The first-order chi connectivity index (χ1) is 9.76. The maximum Gasteiger partial charge on any atom is 0.101 e. The lowest BCUT2D eigenvalue weighted by molar-refractivity contribution is 0.911. The van der Waals surface area contributed by atoms with Gasteiger partial charge in [0.05, 0.1) is 10.6 Å². The third-order valence-electron chi connectivity index (χ3n) is 3.75. The van der Waals surface area contributed by atoms with Crippen molar-refractivity contribution in [1.82, 2.24) is 0 Å². The molecule has 0 saturated heterocycles. The van der Waals surface area contributed by atoms with Crippen molar-refractivity contribution in [3.63, 3.8) is 0 Å². The van der Waals surface area contributed by atoms with E-state index in [2.05, 4.69) is 29.6 Å². The van der Waals surface area contributed by atoms with Gasteiger partial charge in [-0.05, 0) is 54.2 Å². The lowest BCUT2D eigenvalue weighted by Gasteiger charge is -2.09. The zero-order valence-corrected chi connectivity index (χ0v) is 11.9. The van der Waals surface area contributed by atoms with E-state index in [1.54, 1.807) is 12.1 Å². The summed E-state index contributed by atoms with van der Waals surface area (Å²) in [5.74, 6) is 0. The smallest absolute Gasteiger partial charge is 0.101 e. The quantitative estimate of drug-likeness (QED) is 0.910. The predicted molar refractivity (Wildman–Crippen MR) is 82.0 cm³/mol. The number of fused-ring (bicyclic) bond motifs is 1. The number of nitrogens with one attached hydrogen (secondary N) is 1. The Morgan fingerprint density at radius 3 is 2.75 bits per heavy atom. The molecule has 2 aromatic rings. The van der Waals surface area contributed by atoms with Gasteiger partial charge in [0.2, 0.25) is 0 Å². The molecule has 0 bridgehead atoms. The number of hydrogen-bond acceptors (Lipinski definition) is 2. The molecule has 1 aliphatic carbocycles. The Labute approximate surface area is 124 Å². The van der Waals surface area contributed by atoms with Gasteiger partial charge < -0.3 is 5.32 Å². The zero-order chi connectivity index (χ0) is 13.9. The molecule has 2 nitrogen and oxygen atoms in total. The van der Waals surface area contributed by atoms with E-state index >= 15 is 0 Å². The second kappa shape index (κ2) is 5.56. The third kappa shape index (κ3) is 2.64. The van der Waals surface area contributed by atoms with E-state index in [4.69, 9.17) is 16.9 Å². The maximum atomic E-state index is 8.85. The summed E-state index contributed by atoms with van der Waals surface area (Å²) in [4.78, 5) is 0. The van der Waals surface area contributed by atoms with Crippen LogP contribution in [0.4, 0.5) is 5.69 Å². The van der Waals surface area contributed by atoms with E-state index in [-0.39, 0.29) is 0 Å². The predicted octanol–water partition coefficient (Wildman–Crippen LogP) is 4.31. The van der Waals surface area contributed by atoms with Gasteiger partial charge >= 0.3 is 0 Å². The summed E-state index contributed by atoms with van der Waals surface area (Å²) in [7, 11) is 0. The molecular weight excluding hydrogens is 268 g/mol. The minimum Gasteiger partial charge on any atom is -0.381 e. The van der Waals surface area contributed by atoms with Crippen molar-refractivity contribution in [2.45, 2.75) is 25.8 Å². The molecule has 0 radical (unpaired) electrons. The van der Waals surface area contributed by atoms with Crippen LogP contribution in [-0.2, 0) is 19.4 Å². The Morgan fingerprint density at radius 1 is 1.10 bits per heavy atom. The fourth-order valence-corrected chi connectivity index (χ4v) is 2.88. The first-order valence-electron chi connectivity index (χ1n) is 6.80. The topological polar surface area (TPSA) is 35.8 Å². The Hall–Kier alpha value is -1.98. The first-order valence-corrected chi connectivity index (χ1v) is 7.18. The Bertz CT molecular complexity index is 675. The SMILES string of the molecule is N#Cc1ccc(NCc2ccc3c(c2)CCC3)cc1Cl. The van der Waals surface area contributed by atoms with Crippen LogP contribution in [0.15, 0.2) is 36.4 Å². The Balaban J connectivity index is 1.70. The van der Waals surface area contributed by atoms with Crippen molar-refractivity contribution in [2.24, 2.45) is 0 Å². The monoisotopic (exact) mass is 282 g/mol. The highest BCUT2D eigenvalue weighted by atomic mass is 35.5. The molecule has 0 spiro atoms. The molecule has 1 N–H and O–H groups in total. The summed E-state index contributed by atoms with van der Waals surface area (Å²) in [5.41, 5.74) is 5.72. The Morgan fingerprint density at radius 2 is 1.95 bits per heavy atom. The van der Waals surface area contributed by atoms with Crippen molar-refractivity contribution in [3.8, 4) is 6.07 Å². The van der Waals surface area contributed by atoms with Crippen LogP contribution in [0.3, 0.4) is 0 Å². The second-order valence-electron chi connectivity index (χ2n) is 5.12. The average Bonchev–Trinajstić information content (AvgIpc) is 2.92. The van der Waals surface area contributed by atoms with Gasteiger partial charge in [-0.3, -0.25) is 0 Å². The highest BCUT2D eigenvalue weighted by molar-refractivity contribution is 6.32. The number of nitrogens with zero attached hydrogens (tertiary/aromatic N) is 1. The van der Waals surface area contributed by atoms with Crippen LogP contribution >= 0.6 is 11.6 Å². The molecule has 0 heterocycles. The summed E-state index contributed by atoms with van der Waals surface area (Å²) in [6.45, 7) is 0.773. The summed E-state index contributed by atoms with van der Waals surface area (Å²) >= 11 is 6.03. The molecule has 100 valence electrons. The second-order valence-corrected chi connectivity index (χ2v) is 5.52. The van der Waals surface area contributed by atoms with Gasteiger partial charge in [-0.15, -0.1) is 0 Å². The normalized spacial score (nSPS) is 12.8. The molecule has 0 amide bonds. The van der Waals surface area contributed by atoms with Gasteiger partial charge in [-0.1, -0.05) is 29.8 Å². The van der Waals surface area contributed by atoms with E-state index in [0.717, 1.165) is 12.2 Å². The first kappa shape index (κ1) is 13.0. The molecule has 0 aliphatic heterocycles. The van der Waals surface area contributed by atoms with E-state index in [9.17, 15) is 0 Å². The molecule has 0 fully saturated rings. The molecule has 3 rings (SSSR count). The van der Waals surface area contributed by atoms with Crippen molar-refractivity contribution in [1.29, 1.82) is 5.26 Å². The zero-order valence-electron chi connectivity index (χ0n) is 11.1. The van der Waals surface area contributed by atoms with E-state index in [1.807, 2.05) is 6.07 Å². The summed E-state index contributed by atoms with van der Waals surface area (Å²) < 4.78 is 0. The van der Waals surface area contributed by atoms with Crippen LogP contribution in [0.25, 0.3) is 0 Å². The van der Waals surface area contributed by atoms with Crippen LogP contribution < -0.4 is 5.32 Å². The molecule has 0 atom stereocenters. The van der Waals surface area contributed by atoms with E-state index in [1.165, 1.54) is 36.0 Å². The molecule has 0 unspecified atom stereocenters. The summed E-state index contributed by atoms with van der Waals surface area (Å²) in [6.07, 6.45) is 3.69. The van der Waals surface area contributed by atoms with Crippen molar-refractivity contribution in [2.75, 3.05) is 5.32 Å². The minimum atomic E-state index is 0.492. The van der Waals surface area contributed by atoms with Gasteiger partial charge in [-0.25, -0.2) is 0 Å². The van der Waals surface area contributed by atoms with Crippen LogP contribution in [-0.4, -0.2) is 0 Å². The standard InChI is InChI=1S/C17H15ClN2/c18-17-9-16(7-6-15(17)10-19)20-11-12-4-5-13-2-1-3-14(13)8-12/h4-9,20H,1-3,11H2. The number of hydrogen-bond donors (Lipinski definition) is 1. The van der Waals surface area contributed by atoms with Gasteiger partial charge in [0.15, 0.2) is 0 Å². The molecular formula is C17H15ClN2. The van der Waals surface area contributed by atoms with Crippen LogP contribution in [0.2, 0.25) is 5.02 Å². The van der Waals surface area contributed by atoms with E-state index < -0.39 is 0 Å². The van der Waals surface area contributed by atoms with Gasteiger partial charge in [0.25, 0.3) is 0 Å². The number of anilines is 1. The van der Waals surface area contributed by atoms with Crippen LogP contribution in [0, 0.1) is 11.3 Å². The number of halogens is 1. The molecule has 3 heteroatoms. The summed E-state index contributed by atoms with van der Waals surface area (Å²) in [5, 5.41) is 12.7. The van der Waals surface area contributed by atoms with Crippen LogP contribution in [0.5, 0.6) is 0 Å². The average molecular weight is 283 g/mol. The van der Waals surface area contributed by atoms with Crippen molar-refractivity contribution < 1.29 is 0 Å². The molecule has 0 saturated carbocycles. The fourth-order valence-electron chi connectivity index (χ4n) is 2.65. The third-order valence-corrected chi connectivity index (χ3v) is 4.06. The lowest BCUT2D eigenvalue weighted by atomic mass is 10.1. The molecule has 1 aliphatic rings. The van der Waals surface area contributed by atoms with Crippen LogP contribution in [0.1, 0.15) is 28.7 Å². The highest BCUT2D eigenvalue weighted by Gasteiger charge is 2.10. The van der Waals surface area contributed by atoms with Gasteiger partial charge in [0, 0.05) is 12.2 Å². The van der Waals surface area contributed by atoms with E-state index in [0.29, 0.717) is 10.6 Å². The van der Waals surface area contributed by atoms with Crippen molar-refractivity contribution in [3.05, 3.63) is 63.7 Å².